The van der Waals surface area contributed by atoms with Gasteiger partial charge in [-0.3, -0.25) is 0 Å². The van der Waals surface area contributed by atoms with E-state index in [-0.39, 0.29) is 0 Å². The minimum Gasteiger partial charge on any atom is -0.127 e. The highest BCUT2D eigenvalue weighted by Gasteiger charge is 2.31. The summed E-state index contributed by atoms with van der Waals surface area (Å²) in [6, 6.07) is 8.96. The van der Waals surface area contributed by atoms with Gasteiger partial charge in [0.15, 0.2) is 0 Å². The Morgan fingerprint density at radius 1 is 1.05 bits per heavy atom. The zero-order valence-corrected chi connectivity index (χ0v) is 13.9. The molecule has 0 nitrogen and oxygen atoms in total. The van der Waals surface area contributed by atoms with Crippen molar-refractivity contribution in [3.05, 3.63) is 41.0 Å². The van der Waals surface area contributed by atoms with E-state index in [1.54, 1.807) is 11.1 Å². The fraction of sp³-hybridized carbons (Fsp3) is 0.474. The summed E-state index contributed by atoms with van der Waals surface area (Å²) in [5.74, 6) is 4.26. The largest absolute Gasteiger partial charge is 0.129 e. The van der Waals surface area contributed by atoms with Gasteiger partial charge in [0.2, 0.25) is 0 Å². The zero-order chi connectivity index (χ0) is 14.2. The minimum atomic E-state index is -1.26. The Labute approximate surface area is 124 Å². The molecule has 1 heteroatoms. The Morgan fingerprint density at radius 2 is 1.80 bits per heavy atom. The zero-order valence-electron chi connectivity index (χ0n) is 12.9. The van der Waals surface area contributed by atoms with Crippen LogP contribution in [-0.4, -0.2) is 8.07 Å². The molecule has 1 atom stereocenters. The molecule has 0 amide bonds. The van der Waals surface area contributed by atoms with Crippen LogP contribution in [0.5, 0.6) is 0 Å². The predicted octanol–water partition coefficient (Wildman–Crippen LogP) is 5.26. The van der Waals surface area contributed by atoms with Gasteiger partial charge < -0.3 is 0 Å². The molecular formula is C19H24Si. The van der Waals surface area contributed by atoms with Crippen molar-refractivity contribution in [1.29, 1.82) is 0 Å². The quantitative estimate of drug-likeness (QED) is 0.486. The summed E-state index contributed by atoms with van der Waals surface area (Å²) >= 11 is 0. The van der Waals surface area contributed by atoms with Crippen LogP contribution < -0.4 is 0 Å². The minimum absolute atomic E-state index is 0.921. The number of allylic oxidation sites excluding steroid dienone is 2. The molecule has 0 N–H and O–H groups in total. The van der Waals surface area contributed by atoms with Crippen molar-refractivity contribution in [1.82, 2.24) is 0 Å². The fourth-order valence-corrected chi connectivity index (χ4v) is 3.79. The fourth-order valence-electron chi connectivity index (χ4n) is 3.27. The number of hydrogen-bond acceptors (Lipinski definition) is 0. The van der Waals surface area contributed by atoms with Crippen LogP contribution in [0.2, 0.25) is 19.6 Å². The third kappa shape index (κ3) is 2.91. The van der Waals surface area contributed by atoms with Gasteiger partial charge in [-0.15, -0.1) is 5.54 Å². The third-order valence-corrected chi connectivity index (χ3v) is 5.27. The van der Waals surface area contributed by atoms with Gasteiger partial charge in [-0.05, 0) is 54.9 Å². The van der Waals surface area contributed by atoms with Crippen LogP contribution in [0.25, 0.3) is 5.57 Å². The van der Waals surface area contributed by atoms with Crippen molar-refractivity contribution in [3.63, 3.8) is 0 Å². The van der Waals surface area contributed by atoms with Gasteiger partial charge in [-0.2, -0.15) is 0 Å². The molecule has 1 saturated carbocycles. The Kier molecular flexibility index (Phi) is 3.60. The average molecular weight is 280 g/mol. The second-order valence-electron chi connectivity index (χ2n) is 7.23. The smallest absolute Gasteiger partial charge is 0.127 e. The van der Waals surface area contributed by atoms with Crippen LogP contribution in [0.1, 0.15) is 43.2 Å². The van der Waals surface area contributed by atoms with Crippen LogP contribution in [0, 0.1) is 17.4 Å². The molecule has 3 rings (SSSR count). The molecule has 1 aromatic carbocycles. The van der Waals surface area contributed by atoms with E-state index in [1.807, 2.05) is 0 Å². The van der Waals surface area contributed by atoms with Crippen LogP contribution in [0.3, 0.4) is 0 Å². The topological polar surface area (TPSA) is 0 Å². The molecule has 0 heterocycles. The summed E-state index contributed by atoms with van der Waals surface area (Å²) < 4.78 is 0. The summed E-state index contributed by atoms with van der Waals surface area (Å²) in [5, 5.41) is 0. The highest BCUT2D eigenvalue weighted by atomic mass is 28.3. The lowest BCUT2D eigenvalue weighted by Crippen LogP contribution is -2.21. The maximum atomic E-state index is 3.44. The number of hydrogen-bond donors (Lipinski definition) is 0. The van der Waals surface area contributed by atoms with Crippen molar-refractivity contribution in [2.75, 3.05) is 0 Å². The van der Waals surface area contributed by atoms with Crippen molar-refractivity contribution in [2.45, 2.75) is 51.7 Å². The Bertz CT molecular complexity index is 587. The molecule has 104 valence electrons. The normalized spacial score (nSPS) is 21.6. The molecule has 0 unspecified atom stereocenters. The van der Waals surface area contributed by atoms with Crippen molar-refractivity contribution in [3.8, 4) is 11.5 Å². The van der Waals surface area contributed by atoms with E-state index in [9.17, 15) is 0 Å². The van der Waals surface area contributed by atoms with Crippen molar-refractivity contribution < 1.29 is 0 Å². The van der Waals surface area contributed by atoms with Gasteiger partial charge in [0, 0.05) is 5.56 Å². The van der Waals surface area contributed by atoms with Crippen LogP contribution in [0.15, 0.2) is 29.8 Å². The molecule has 1 aromatic rings. The summed E-state index contributed by atoms with van der Waals surface area (Å²) in [7, 11) is -1.26. The number of rotatable bonds is 1. The lowest BCUT2D eigenvalue weighted by atomic mass is 9.67. The standard InChI is InChI=1S/C19H24Si/c1-20(2,3)13-12-15-8-10-16(11-9-15)19-14-17-6-4-5-7-18(17)19/h8-11,17H,4-7,14H2,1-3H3/t17-/m0/s1. The van der Waals surface area contributed by atoms with E-state index in [0.29, 0.717) is 0 Å². The molecule has 2 aliphatic rings. The first-order valence-corrected chi connectivity index (χ1v) is 11.4. The van der Waals surface area contributed by atoms with E-state index in [2.05, 4.69) is 55.4 Å². The Morgan fingerprint density at radius 3 is 2.45 bits per heavy atom. The SMILES string of the molecule is C[Si](C)(C)C#Cc1ccc(C2=C3CCCC[C@H]3C2)cc1. The monoisotopic (exact) mass is 280 g/mol. The maximum absolute atomic E-state index is 3.44. The molecule has 20 heavy (non-hydrogen) atoms. The number of benzene rings is 1. The Hall–Kier alpha value is -1.26. The summed E-state index contributed by atoms with van der Waals surface area (Å²) in [4.78, 5) is 0. The summed E-state index contributed by atoms with van der Waals surface area (Å²) in [6.07, 6.45) is 6.92. The van der Waals surface area contributed by atoms with Gasteiger partial charge in [-0.25, -0.2) is 0 Å². The molecule has 0 aliphatic heterocycles. The molecule has 1 fully saturated rings. The van der Waals surface area contributed by atoms with Crippen LogP contribution >= 0.6 is 0 Å². The van der Waals surface area contributed by atoms with Crippen molar-refractivity contribution >= 4 is 13.6 Å². The van der Waals surface area contributed by atoms with Gasteiger partial charge in [0.05, 0.1) is 0 Å². The molecule has 0 aromatic heterocycles. The molecule has 0 bridgehead atoms. The van der Waals surface area contributed by atoms with Crippen LogP contribution in [-0.2, 0) is 0 Å². The molecule has 0 spiro atoms. The van der Waals surface area contributed by atoms with E-state index < -0.39 is 8.07 Å². The maximum Gasteiger partial charge on any atom is 0.129 e. The molecule has 0 radical (unpaired) electrons. The average Bonchev–Trinajstić information content (AvgIpc) is 2.38. The highest BCUT2D eigenvalue weighted by Crippen LogP contribution is 2.48. The Balaban J connectivity index is 1.79. The second kappa shape index (κ2) is 5.26. The number of fused-ring (bicyclic) bond motifs is 1. The van der Waals surface area contributed by atoms with E-state index in [4.69, 9.17) is 0 Å². The van der Waals surface area contributed by atoms with Gasteiger partial charge >= 0.3 is 0 Å². The third-order valence-electron chi connectivity index (χ3n) is 4.39. The van der Waals surface area contributed by atoms with E-state index in [0.717, 1.165) is 5.92 Å². The van der Waals surface area contributed by atoms with Crippen LogP contribution in [0.4, 0.5) is 0 Å². The molecular weight excluding hydrogens is 256 g/mol. The molecule has 2 aliphatic carbocycles. The second-order valence-corrected chi connectivity index (χ2v) is 12.0. The lowest BCUT2D eigenvalue weighted by molar-refractivity contribution is 0.428. The molecule has 0 saturated heterocycles. The highest BCUT2D eigenvalue weighted by molar-refractivity contribution is 6.83. The van der Waals surface area contributed by atoms with Gasteiger partial charge in [0.1, 0.15) is 8.07 Å². The van der Waals surface area contributed by atoms with E-state index in [1.165, 1.54) is 43.2 Å². The first kappa shape index (κ1) is 13.7. The van der Waals surface area contributed by atoms with Gasteiger partial charge in [-0.1, -0.05) is 49.7 Å². The predicted molar refractivity (Wildman–Crippen MR) is 90.2 cm³/mol. The van der Waals surface area contributed by atoms with Crippen molar-refractivity contribution in [2.24, 2.45) is 5.92 Å². The first-order valence-electron chi connectivity index (χ1n) is 7.88. The first-order chi connectivity index (χ1) is 9.53. The lowest BCUT2D eigenvalue weighted by Gasteiger charge is -2.37. The summed E-state index contributed by atoms with van der Waals surface area (Å²) in [5.41, 5.74) is 9.45. The summed E-state index contributed by atoms with van der Waals surface area (Å²) in [6.45, 7) is 6.87. The van der Waals surface area contributed by atoms with E-state index >= 15 is 0 Å². The van der Waals surface area contributed by atoms with Gasteiger partial charge in [0.25, 0.3) is 0 Å².